The van der Waals surface area contributed by atoms with Crippen LogP contribution in [0, 0.1) is 5.92 Å². The fourth-order valence-corrected chi connectivity index (χ4v) is 7.17. The molecule has 0 aliphatic carbocycles. The lowest BCUT2D eigenvalue weighted by Gasteiger charge is -2.35. The number of carbonyl (C=O) groups is 1. The molecule has 3 rings (SSSR count). The molecule has 1 aromatic rings. The molecular weight excluding hydrogens is 454 g/mol. The van der Waals surface area contributed by atoms with Crippen LogP contribution in [0.4, 0.5) is 0 Å². The Hall–Kier alpha value is -1.53. The third-order valence-electron chi connectivity index (χ3n) is 5.78. The Balaban J connectivity index is 1.59. The molecule has 0 spiro atoms. The van der Waals surface area contributed by atoms with E-state index in [2.05, 4.69) is 28.8 Å². The molecule has 2 saturated heterocycles. The molecular formula is C21H33N3O6S2. The quantitative estimate of drug-likeness (QED) is 0.524. The molecule has 2 fully saturated rings. The monoisotopic (exact) mass is 487 g/mol. The van der Waals surface area contributed by atoms with Crippen LogP contribution in [0.25, 0.3) is 0 Å². The Morgan fingerprint density at radius 2 is 1.84 bits per heavy atom. The minimum atomic E-state index is -3.85. The topological polar surface area (TPSA) is 122 Å². The van der Waals surface area contributed by atoms with Gasteiger partial charge >= 0.3 is 0 Å². The number of carbonyl (C=O) groups excluding carboxylic acids is 1. The zero-order valence-corrected chi connectivity index (χ0v) is 20.3. The molecule has 2 aliphatic heterocycles. The van der Waals surface area contributed by atoms with Crippen molar-refractivity contribution in [1.29, 1.82) is 0 Å². The molecule has 9 nitrogen and oxygen atoms in total. The van der Waals surface area contributed by atoms with E-state index in [0.29, 0.717) is 31.2 Å². The average Bonchev–Trinajstić information content (AvgIpc) is 3.08. The molecule has 0 radical (unpaired) electrons. The number of ether oxygens (including phenoxy) is 1. The Labute approximate surface area is 190 Å². The van der Waals surface area contributed by atoms with E-state index in [4.69, 9.17) is 4.74 Å². The highest BCUT2D eigenvalue weighted by molar-refractivity contribution is 7.92. The molecule has 180 valence electrons. The molecule has 0 aromatic heterocycles. The molecule has 0 saturated carbocycles. The minimum Gasteiger partial charge on any atom is -0.379 e. The zero-order chi connectivity index (χ0) is 23.4. The van der Waals surface area contributed by atoms with Crippen LogP contribution < -0.4 is 10.0 Å². The van der Waals surface area contributed by atoms with Crippen LogP contribution in [0.15, 0.2) is 29.2 Å². The zero-order valence-electron chi connectivity index (χ0n) is 18.6. The van der Waals surface area contributed by atoms with Gasteiger partial charge in [-0.25, -0.2) is 21.6 Å². The van der Waals surface area contributed by atoms with Gasteiger partial charge in [0.15, 0.2) is 9.84 Å². The maximum absolute atomic E-state index is 12.6. The minimum absolute atomic E-state index is 0.00403. The second kappa shape index (κ2) is 10.6. The molecule has 1 aromatic carbocycles. The average molecular weight is 488 g/mol. The highest BCUT2D eigenvalue weighted by Crippen LogP contribution is 2.17. The fraction of sp³-hybridized carbons (Fsp3) is 0.667. The summed E-state index contributed by atoms with van der Waals surface area (Å²) in [6, 6.07) is 5.28. The molecule has 2 N–H and O–H groups in total. The van der Waals surface area contributed by atoms with Crippen molar-refractivity contribution in [3.05, 3.63) is 29.8 Å². The van der Waals surface area contributed by atoms with E-state index in [1.54, 1.807) is 0 Å². The van der Waals surface area contributed by atoms with E-state index < -0.39 is 25.9 Å². The van der Waals surface area contributed by atoms with Gasteiger partial charge in [-0.2, -0.15) is 0 Å². The first-order valence-electron chi connectivity index (χ1n) is 11.0. The third kappa shape index (κ3) is 6.98. The van der Waals surface area contributed by atoms with Crippen molar-refractivity contribution >= 4 is 25.8 Å². The number of nitrogens with one attached hydrogen (secondary N) is 2. The first kappa shape index (κ1) is 25.1. The van der Waals surface area contributed by atoms with Gasteiger partial charge in [0, 0.05) is 37.3 Å². The van der Waals surface area contributed by atoms with Crippen molar-refractivity contribution in [3.63, 3.8) is 0 Å². The van der Waals surface area contributed by atoms with E-state index in [9.17, 15) is 21.6 Å². The fourth-order valence-electron chi connectivity index (χ4n) is 4.12. The maximum atomic E-state index is 12.6. The molecule has 1 amide bonds. The summed E-state index contributed by atoms with van der Waals surface area (Å²) in [7, 11) is -7.04. The molecule has 2 aliphatic rings. The van der Waals surface area contributed by atoms with Gasteiger partial charge in [0.2, 0.25) is 10.0 Å². The number of hydrogen-bond acceptors (Lipinski definition) is 7. The van der Waals surface area contributed by atoms with Crippen LogP contribution >= 0.6 is 0 Å². The van der Waals surface area contributed by atoms with Crippen LogP contribution in [-0.4, -0.2) is 84.1 Å². The SMILES string of the molecule is CC(C)CC(CNC(=O)c1ccc(S(=O)(=O)NC2CCS(=O)(=O)C2)cc1)N1CCOCC1. The molecule has 11 heteroatoms. The van der Waals surface area contributed by atoms with Crippen LogP contribution in [0.3, 0.4) is 0 Å². The summed E-state index contributed by atoms with van der Waals surface area (Å²) in [6.07, 6.45) is 1.22. The van der Waals surface area contributed by atoms with Gasteiger partial charge in [-0.1, -0.05) is 13.8 Å². The van der Waals surface area contributed by atoms with Crippen molar-refractivity contribution in [1.82, 2.24) is 14.9 Å². The molecule has 0 bridgehead atoms. The van der Waals surface area contributed by atoms with E-state index >= 15 is 0 Å². The van der Waals surface area contributed by atoms with Gasteiger partial charge in [-0.05, 0) is 43.0 Å². The second-order valence-electron chi connectivity index (χ2n) is 8.89. The number of nitrogens with zero attached hydrogens (tertiary/aromatic N) is 1. The lowest BCUT2D eigenvalue weighted by Crippen LogP contribution is -2.49. The van der Waals surface area contributed by atoms with Crippen LogP contribution in [0.2, 0.25) is 0 Å². The largest absolute Gasteiger partial charge is 0.379 e. The van der Waals surface area contributed by atoms with Crippen molar-refractivity contribution in [2.24, 2.45) is 5.92 Å². The van der Waals surface area contributed by atoms with Crippen LogP contribution in [0.1, 0.15) is 37.0 Å². The second-order valence-corrected chi connectivity index (χ2v) is 12.8. The number of hydrogen-bond donors (Lipinski definition) is 2. The van der Waals surface area contributed by atoms with Crippen LogP contribution in [-0.2, 0) is 24.6 Å². The molecule has 2 unspecified atom stereocenters. The smallest absolute Gasteiger partial charge is 0.251 e. The highest BCUT2D eigenvalue weighted by Gasteiger charge is 2.31. The first-order valence-corrected chi connectivity index (χ1v) is 14.3. The first-order chi connectivity index (χ1) is 15.1. The van der Waals surface area contributed by atoms with Crippen molar-refractivity contribution < 1.29 is 26.4 Å². The third-order valence-corrected chi connectivity index (χ3v) is 9.09. The summed E-state index contributed by atoms with van der Waals surface area (Å²) < 4.78 is 56.1. The van der Waals surface area contributed by atoms with E-state index in [0.717, 1.165) is 19.5 Å². The normalized spacial score (nSPS) is 22.7. The van der Waals surface area contributed by atoms with Crippen molar-refractivity contribution in [2.75, 3.05) is 44.4 Å². The number of benzene rings is 1. The Morgan fingerprint density at radius 3 is 2.41 bits per heavy atom. The molecule has 32 heavy (non-hydrogen) atoms. The van der Waals surface area contributed by atoms with Crippen molar-refractivity contribution in [2.45, 2.75) is 43.7 Å². The number of amides is 1. The van der Waals surface area contributed by atoms with E-state index in [-0.39, 0.29) is 34.8 Å². The summed E-state index contributed by atoms with van der Waals surface area (Å²) in [5, 5.41) is 2.97. The van der Waals surface area contributed by atoms with Gasteiger partial charge in [-0.15, -0.1) is 0 Å². The predicted molar refractivity (Wildman–Crippen MR) is 122 cm³/mol. The number of morpholine rings is 1. The number of sulfone groups is 1. The predicted octanol–water partition coefficient (Wildman–Crippen LogP) is 0.629. The summed E-state index contributed by atoms with van der Waals surface area (Å²) in [6.45, 7) is 7.89. The van der Waals surface area contributed by atoms with E-state index in [1.807, 2.05) is 0 Å². The Morgan fingerprint density at radius 1 is 1.19 bits per heavy atom. The Kier molecular flexibility index (Phi) is 8.31. The van der Waals surface area contributed by atoms with Gasteiger partial charge in [0.1, 0.15) is 0 Å². The summed E-state index contributed by atoms with van der Waals surface area (Å²) in [5.74, 6) is 0.0343. The van der Waals surface area contributed by atoms with Gasteiger partial charge in [0.05, 0.1) is 29.6 Å². The van der Waals surface area contributed by atoms with Gasteiger partial charge in [-0.3, -0.25) is 9.69 Å². The summed E-state index contributed by atoms with van der Waals surface area (Å²) >= 11 is 0. The maximum Gasteiger partial charge on any atom is 0.251 e. The summed E-state index contributed by atoms with van der Waals surface area (Å²) in [4.78, 5) is 15.0. The van der Waals surface area contributed by atoms with Crippen molar-refractivity contribution in [3.8, 4) is 0 Å². The number of sulfonamides is 1. The standard InChI is InChI=1S/C21H33N3O6S2/c1-16(2)13-19(24-8-10-30-11-9-24)14-22-21(25)17-3-5-20(6-4-17)32(28,29)23-18-7-12-31(26,27)15-18/h3-6,16,18-19,23H,7-15H2,1-2H3,(H,22,25). The van der Waals surface area contributed by atoms with E-state index in [1.165, 1.54) is 24.3 Å². The van der Waals surface area contributed by atoms with Gasteiger partial charge in [0.25, 0.3) is 5.91 Å². The van der Waals surface area contributed by atoms with Crippen LogP contribution in [0.5, 0.6) is 0 Å². The number of rotatable bonds is 9. The summed E-state index contributed by atoms with van der Waals surface area (Å²) in [5.41, 5.74) is 0.373. The van der Waals surface area contributed by atoms with Gasteiger partial charge < -0.3 is 10.1 Å². The lowest BCUT2D eigenvalue weighted by molar-refractivity contribution is 0.0124. The molecule has 2 atom stereocenters. The lowest BCUT2D eigenvalue weighted by atomic mass is 10.0. The Bertz CT molecular complexity index is 987. The molecule has 2 heterocycles. The highest BCUT2D eigenvalue weighted by atomic mass is 32.2.